The summed E-state index contributed by atoms with van der Waals surface area (Å²) < 4.78 is 16.0. The number of hydrogen-bond acceptors (Lipinski definition) is 5. The molecule has 2 aromatic rings. The number of ether oxygens (including phenoxy) is 3. The van der Waals surface area contributed by atoms with E-state index < -0.39 is 5.97 Å². The van der Waals surface area contributed by atoms with Crippen LogP contribution in [0.25, 0.3) is 0 Å². The minimum atomic E-state index is -0.393. The largest absolute Gasteiger partial charge is 0.493 e. The summed E-state index contributed by atoms with van der Waals surface area (Å²) in [5, 5.41) is 0. The van der Waals surface area contributed by atoms with E-state index in [9.17, 15) is 9.59 Å². The molecule has 0 aliphatic carbocycles. The molecule has 7 heteroatoms. The fourth-order valence-corrected chi connectivity index (χ4v) is 4.27. The highest BCUT2D eigenvalue weighted by Gasteiger charge is 2.33. The van der Waals surface area contributed by atoms with Crippen molar-refractivity contribution in [3.63, 3.8) is 0 Å². The van der Waals surface area contributed by atoms with E-state index in [1.54, 1.807) is 35.0 Å². The fourth-order valence-electron chi connectivity index (χ4n) is 4.27. The molecule has 0 saturated carbocycles. The van der Waals surface area contributed by atoms with Crippen LogP contribution in [-0.4, -0.2) is 50.1 Å². The second-order valence-corrected chi connectivity index (χ2v) is 7.74. The topological polar surface area (TPSA) is 82.1 Å². The van der Waals surface area contributed by atoms with Crippen LogP contribution in [0.1, 0.15) is 57.1 Å². The molecule has 0 radical (unpaired) electrons. The van der Waals surface area contributed by atoms with E-state index in [4.69, 9.17) is 14.2 Å². The number of fused-ring (bicyclic) bond motifs is 1. The number of quaternary nitrogens is 1. The van der Waals surface area contributed by atoms with Crippen LogP contribution in [0.3, 0.4) is 0 Å². The number of methoxy groups -OCH3 is 2. The first-order valence-electron chi connectivity index (χ1n) is 10.3. The summed E-state index contributed by atoms with van der Waals surface area (Å²) in [5.74, 6) is 1.04. The number of aromatic amines is 1. The zero-order chi connectivity index (χ0) is 22.0. The number of nitrogens with one attached hydrogen (secondary N) is 2. The molecule has 0 fully saturated rings. The third kappa shape index (κ3) is 3.94. The number of rotatable bonds is 7. The smallest absolute Gasteiger partial charge is 0.340 e. The maximum atomic E-state index is 13.3. The predicted molar refractivity (Wildman–Crippen MR) is 113 cm³/mol. The summed E-state index contributed by atoms with van der Waals surface area (Å²) in [6, 6.07) is 3.78. The van der Waals surface area contributed by atoms with Crippen molar-refractivity contribution in [3.8, 4) is 11.5 Å². The first-order valence-corrected chi connectivity index (χ1v) is 10.3. The summed E-state index contributed by atoms with van der Waals surface area (Å²) in [6.45, 7) is 9.19. The van der Waals surface area contributed by atoms with Gasteiger partial charge >= 0.3 is 5.97 Å². The van der Waals surface area contributed by atoms with Gasteiger partial charge in [-0.15, -0.1) is 0 Å². The average molecular weight is 416 g/mol. The molecule has 0 bridgehead atoms. The van der Waals surface area contributed by atoms with Gasteiger partial charge in [-0.25, -0.2) is 4.79 Å². The zero-order valence-electron chi connectivity index (χ0n) is 18.6. The number of Topliss-reactive ketones (excluding diaryl/α,β-unsaturated/α-hetero) is 1. The Labute approximate surface area is 177 Å². The van der Waals surface area contributed by atoms with Crippen molar-refractivity contribution in [2.24, 2.45) is 0 Å². The summed E-state index contributed by atoms with van der Waals surface area (Å²) in [4.78, 5) is 29.9. The van der Waals surface area contributed by atoms with Gasteiger partial charge in [-0.2, -0.15) is 0 Å². The Hall–Kier alpha value is -2.80. The minimum Gasteiger partial charge on any atom is -0.493 e. The van der Waals surface area contributed by atoms with Crippen LogP contribution in [0.5, 0.6) is 11.5 Å². The van der Waals surface area contributed by atoms with Gasteiger partial charge in [-0.1, -0.05) is 0 Å². The van der Waals surface area contributed by atoms with Gasteiger partial charge in [-0.05, 0) is 51.0 Å². The lowest BCUT2D eigenvalue weighted by atomic mass is 9.96. The first-order chi connectivity index (χ1) is 14.3. The number of ketones is 1. The molecule has 1 aliphatic heterocycles. The van der Waals surface area contributed by atoms with Gasteiger partial charge in [0.1, 0.15) is 6.54 Å². The number of esters is 1. The number of benzene rings is 1. The highest BCUT2D eigenvalue weighted by atomic mass is 16.5. The first kappa shape index (κ1) is 21.9. The number of aryl methyl sites for hydroxylation is 1. The maximum absolute atomic E-state index is 13.3. The summed E-state index contributed by atoms with van der Waals surface area (Å²) >= 11 is 0. The van der Waals surface area contributed by atoms with Gasteiger partial charge in [0.2, 0.25) is 5.78 Å². The maximum Gasteiger partial charge on any atom is 0.340 e. The van der Waals surface area contributed by atoms with Gasteiger partial charge in [0.15, 0.2) is 17.5 Å². The second-order valence-electron chi connectivity index (χ2n) is 7.74. The van der Waals surface area contributed by atoms with E-state index in [-0.39, 0.29) is 11.8 Å². The van der Waals surface area contributed by atoms with Crippen LogP contribution in [0.15, 0.2) is 12.1 Å². The Kier molecular flexibility index (Phi) is 6.51. The van der Waals surface area contributed by atoms with Crippen molar-refractivity contribution in [1.82, 2.24) is 4.98 Å². The van der Waals surface area contributed by atoms with E-state index in [0.29, 0.717) is 34.9 Å². The van der Waals surface area contributed by atoms with E-state index in [1.807, 2.05) is 19.1 Å². The average Bonchev–Trinajstić information content (AvgIpc) is 3.05. The van der Waals surface area contributed by atoms with E-state index in [1.165, 1.54) is 16.0 Å². The number of carbonyl (C=O) groups is 2. The molecular formula is C23H31N2O5+. The van der Waals surface area contributed by atoms with Gasteiger partial charge in [0, 0.05) is 17.7 Å². The number of H-pyrrole nitrogens is 1. The summed E-state index contributed by atoms with van der Waals surface area (Å²) in [6.07, 6.45) is 0.861. The van der Waals surface area contributed by atoms with Crippen molar-refractivity contribution in [2.75, 3.05) is 27.4 Å². The number of aromatic nitrogens is 1. The molecule has 3 rings (SSSR count). The third-order valence-corrected chi connectivity index (χ3v) is 6.01. The molecule has 0 spiro atoms. The predicted octanol–water partition coefficient (Wildman–Crippen LogP) is 2.04. The number of hydrogen-bond donors (Lipinski definition) is 2. The fraction of sp³-hybridized carbons (Fsp3) is 0.478. The highest BCUT2D eigenvalue weighted by molar-refractivity contribution is 6.03. The molecule has 30 heavy (non-hydrogen) atoms. The molecule has 0 saturated heterocycles. The molecule has 2 heterocycles. The molecular weight excluding hydrogens is 384 g/mol. The monoisotopic (exact) mass is 415 g/mol. The van der Waals surface area contributed by atoms with Crippen molar-refractivity contribution >= 4 is 11.8 Å². The molecule has 7 nitrogen and oxygen atoms in total. The Morgan fingerprint density at radius 3 is 2.37 bits per heavy atom. The van der Waals surface area contributed by atoms with Crippen LogP contribution in [0, 0.1) is 13.8 Å². The molecule has 1 aliphatic rings. The lowest BCUT2D eigenvalue weighted by Crippen LogP contribution is -3.16. The Balaban J connectivity index is 1.83. The normalized spacial score (nSPS) is 16.5. The Bertz CT molecular complexity index is 963. The van der Waals surface area contributed by atoms with Crippen LogP contribution in [0.4, 0.5) is 0 Å². The van der Waals surface area contributed by atoms with Crippen LogP contribution in [-0.2, 0) is 17.7 Å². The van der Waals surface area contributed by atoms with E-state index >= 15 is 0 Å². The molecule has 1 aromatic carbocycles. The minimum absolute atomic E-state index is 0.00470. The molecule has 0 amide bonds. The highest BCUT2D eigenvalue weighted by Crippen LogP contribution is 2.31. The summed E-state index contributed by atoms with van der Waals surface area (Å²) in [5.41, 5.74) is 4.67. The van der Waals surface area contributed by atoms with Crippen molar-refractivity contribution in [3.05, 3.63) is 45.8 Å². The second kappa shape index (κ2) is 8.92. The molecule has 1 unspecified atom stereocenters. The molecule has 2 atom stereocenters. The van der Waals surface area contributed by atoms with Crippen LogP contribution < -0.4 is 14.4 Å². The van der Waals surface area contributed by atoms with Gasteiger partial charge in [0.25, 0.3) is 0 Å². The standard InChI is InChI=1S/C23H30N2O5/c1-7-30-23(27)20-13(2)21(24-14(20)3)22(26)15(4)25-9-8-16-10-18(28-5)19(29-6)11-17(16)12-25/h10-11,15,24H,7-9,12H2,1-6H3/p+1/t15-/m1/s1. The molecule has 2 N–H and O–H groups in total. The van der Waals surface area contributed by atoms with E-state index in [0.717, 1.165) is 25.3 Å². The van der Waals surface area contributed by atoms with E-state index in [2.05, 4.69) is 4.98 Å². The third-order valence-electron chi connectivity index (χ3n) is 6.01. The Morgan fingerprint density at radius 1 is 1.13 bits per heavy atom. The van der Waals surface area contributed by atoms with Gasteiger partial charge < -0.3 is 24.1 Å². The summed E-state index contributed by atoms with van der Waals surface area (Å²) in [7, 11) is 3.26. The lowest BCUT2D eigenvalue weighted by molar-refractivity contribution is -0.929. The van der Waals surface area contributed by atoms with Crippen LogP contribution >= 0.6 is 0 Å². The molecule has 162 valence electrons. The van der Waals surface area contributed by atoms with Crippen molar-refractivity contribution < 1.29 is 28.7 Å². The zero-order valence-corrected chi connectivity index (χ0v) is 18.6. The van der Waals surface area contributed by atoms with Crippen molar-refractivity contribution in [2.45, 2.75) is 46.7 Å². The lowest BCUT2D eigenvalue weighted by Gasteiger charge is -2.30. The van der Waals surface area contributed by atoms with Crippen LogP contribution in [0.2, 0.25) is 0 Å². The molecule has 1 aromatic heterocycles. The Morgan fingerprint density at radius 2 is 1.77 bits per heavy atom. The van der Waals surface area contributed by atoms with Gasteiger partial charge in [-0.3, -0.25) is 4.79 Å². The van der Waals surface area contributed by atoms with Crippen molar-refractivity contribution in [1.29, 1.82) is 0 Å². The SMILES string of the molecule is CCOC(=O)c1c(C)[nH]c(C(=O)[C@@H](C)[NH+]2CCc3cc(OC)c(OC)cc3C2)c1C. The number of carbonyl (C=O) groups excluding carboxylic acids is 2. The quantitative estimate of drug-likeness (QED) is 0.534. The van der Waals surface area contributed by atoms with Gasteiger partial charge in [0.05, 0.1) is 38.6 Å².